The Labute approximate surface area is 160 Å². The number of methoxy groups -OCH3 is 1. The fourth-order valence-corrected chi connectivity index (χ4v) is 3.91. The van der Waals surface area contributed by atoms with E-state index in [1.165, 1.54) is 24.0 Å². The number of amides is 1. The lowest BCUT2D eigenvalue weighted by Gasteiger charge is -2.29. The summed E-state index contributed by atoms with van der Waals surface area (Å²) < 4.78 is 5.27. The molecular formula is C23H26N2O2. The van der Waals surface area contributed by atoms with Crippen LogP contribution >= 0.6 is 0 Å². The van der Waals surface area contributed by atoms with Crippen molar-refractivity contribution in [1.29, 1.82) is 0 Å². The van der Waals surface area contributed by atoms with Crippen molar-refractivity contribution >= 4 is 22.5 Å². The van der Waals surface area contributed by atoms with Crippen LogP contribution in [0.15, 0.2) is 42.5 Å². The number of carbonyl (C=O) groups excluding carboxylic acids is 1. The van der Waals surface area contributed by atoms with Gasteiger partial charge in [0.25, 0.3) is 5.91 Å². The van der Waals surface area contributed by atoms with Gasteiger partial charge in [0.05, 0.1) is 7.11 Å². The molecule has 4 nitrogen and oxygen atoms in total. The van der Waals surface area contributed by atoms with Crippen molar-refractivity contribution in [2.45, 2.75) is 39.7 Å². The molecule has 1 aromatic heterocycles. The van der Waals surface area contributed by atoms with Gasteiger partial charge in [0.15, 0.2) is 0 Å². The molecule has 1 aliphatic carbocycles. The third kappa shape index (κ3) is 3.32. The Kier molecular flexibility index (Phi) is 4.42. The number of anilines is 1. The lowest BCUT2D eigenvalue weighted by Crippen LogP contribution is -2.40. The predicted octanol–water partition coefficient (Wildman–Crippen LogP) is 5.24. The Morgan fingerprint density at radius 3 is 2.48 bits per heavy atom. The first-order valence-corrected chi connectivity index (χ1v) is 9.55. The van der Waals surface area contributed by atoms with E-state index >= 15 is 0 Å². The quantitative estimate of drug-likeness (QED) is 0.675. The van der Waals surface area contributed by atoms with E-state index < -0.39 is 0 Å². The first-order valence-electron chi connectivity index (χ1n) is 9.55. The van der Waals surface area contributed by atoms with Crippen LogP contribution in [0.1, 0.15) is 41.4 Å². The molecule has 1 saturated carbocycles. The third-order valence-corrected chi connectivity index (χ3v) is 5.60. The van der Waals surface area contributed by atoms with Gasteiger partial charge in [0, 0.05) is 22.6 Å². The van der Waals surface area contributed by atoms with Crippen molar-refractivity contribution < 1.29 is 9.53 Å². The number of nitrogens with one attached hydrogen (secondary N) is 1. The maximum Gasteiger partial charge on any atom is 0.274 e. The SMILES string of the molecule is COc1ccc(N(C(=O)c2cc3c(C)cc(C)cc3[nH]2)C(C)C2CC2)cc1. The maximum absolute atomic E-state index is 13.5. The van der Waals surface area contributed by atoms with Crippen molar-refractivity contribution in [3.63, 3.8) is 0 Å². The number of aryl methyl sites for hydroxylation is 2. The van der Waals surface area contributed by atoms with Crippen LogP contribution in [0.4, 0.5) is 5.69 Å². The largest absolute Gasteiger partial charge is 0.497 e. The molecular weight excluding hydrogens is 336 g/mol. The van der Waals surface area contributed by atoms with Crippen molar-refractivity contribution in [1.82, 2.24) is 4.98 Å². The summed E-state index contributed by atoms with van der Waals surface area (Å²) in [6.45, 7) is 6.32. The average Bonchev–Trinajstić information content (AvgIpc) is 3.41. The normalized spacial score (nSPS) is 15.0. The molecule has 0 spiro atoms. The maximum atomic E-state index is 13.5. The minimum absolute atomic E-state index is 0.0211. The molecule has 1 N–H and O–H groups in total. The fourth-order valence-electron chi connectivity index (χ4n) is 3.91. The molecule has 1 amide bonds. The number of nitrogens with zero attached hydrogens (tertiary/aromatic N) is 1. The summed E-state index contributed by atoms with van der Waals surface area (Å²) in [7, 11) is 1.65. The molecule has 0 aliphatic heterocycles. The Hall–Kier alpha value is -2.75. The van der Waals surface area contributed by atoms with Gasteiger partial charge in [-0.15, -0.1) is 0 Å². The summed E-state index contributed by atoms with van der Waals surface area (Å²) in [5.74, 6) is 1.39. The van der Waals surface area contributed by atoms with Crippen LogP contribution in [0.25, 0.3) is 10.9 Å². The van der Waals surface area contributed by atoms with E-state index in [0.717, 1.165) is 22.3 Å². The summed E-state index contributed by atoms with van der Waals surface area (Å²) in [6.07, 6.45) is 2.37. The minimum Gasteiger partial charge on any atom is -0.497 e. The molecule has 4 rings (SSSR count). The second kappa shape index (κ2) is 6.76. The van der Waals surface area contributed by atoms with E-state index in [4.69, 9.17) is 4.74 Å². The van der Waals surface area contributed by atoms with Gasteiger partial charge >= 0.3 is 0 Å². The molecule has 1 heterocycles. The minimum atomic E-state index is 0.0211. The van der Waals surface area contributed by atoms with Gasteiger partial charge in [-0.05, 0) is 87.1 Å². The topological polar surface area (TPSA) is 45.3 Å². The molecule has 1 fully saturated rings. The van der Waals surface area contributed by atoms with E-state index in [0.29, 0.717) is 11.6 Å². The van der Waals surface area contributed by atoms with Crippen LogP contribution in [-0.4, -0.2) is 24.0 Å². The Morgan fingerprint density at radius 2 is 1.85 bits per heavy atom. The predicted molar refractivity (Wildman–Crippen MR) is 110 cm³/mol. The van der Waals surface area contributed by atoms with Gasteiger partial charge in [-0.25, -0.2) is 0 Å². The van der Waals surface area contributed by atoms with Gasteiger partial charge in [0.2, 0.25) is 0 Å². The highest BCUT2D eigenvalue weighted by Gasteiger charge is 2.36. The van der Waals surface area contributed by atoms with Crippen molar-refractivity contribution in [2.75, 3.05) is 12.0 Å². The van der Waals surface area contributed by atoms with Crippen LogP contribution < -0.4 is 9.64 Å². The van der Waals surface area contributed by atoms with Gasteiger partial charge in [0.1, 0.15) is 11.4 Å². The van der Waals surface area contributed by atoms with E-state index in [1.54, 1.807) is 7.11 Å². The Morgan fingerprint density at radius 1 is 1.15 bits per heavy atom. The number of ether oxygens (including phenoxy) is 1. The van der Waals surface area contributed by atoms with Gasteiger partial charge < -0.3 is 14.6 Å². The number of benzene rings is 2. The summed E-state index contributed by atoms with van der Waals surface area (Å²) in [6, 6.07) is 14.2. The summed E-state index contributed by atoms with van der Waals surface area (Å²) in [5, 5.41) is 1.11. The van der Waals surface area contributed by atoms with E-state index in [2.05, 4.69) is 37.9 Å². The van der Waals surface area contributed by atoms with Gasteiger partial charge in [-0.2, -0.15) is 0 Å². The molecule has 1 atom stereocenters. The van der Waals surface area contributed by atoms with Gasteiger partial charge in [-0.3, -0.25) is 4.79 Å². The molecule has 4 heteroatoms. The van der Waals surface area contributed by atoms with Crippen LogP contribution in [-0.2, 0) is 0 Å². The zero-order valence-corrected chi connectivity index (χ0v) is 16.4. The highest BCUT2D eigenvalue weighted by atomic mass is 16.5. The average molecular weight is 362 g/mol. The number of carbonyl (C=O) groups is 1. The van der Waals surface area contributed by atoms with E-state index in [-0.39, 0.29) is 11.9 Å². The van der Waals surface area contributed by atoms with Crippen LogP contribution in [0.5, 0.6) is 5.75 Å². The number of hydrogen-bond acceptors (Lipinski definition) is 2. The monoisotopic (exact) mass is 362 g/mol. The summed E-state index contributed by atoms with van der Waals surface area (Å²) in [5.41, 5.74) is 4.95. The molecule has 0 saturated heterocycles. The molecule has 1 aliphatic rings. The molecule has 2 aromatic carbocycles. The van der Waals surface area contributed by atoms with Gasteiger partial charge in [-0.1, -0.05) is 6.07 Å². The second-order valence-electron chi connectivity index (χ2n) is 7.68. The third-order valence-electron chi connectivity index (χ3n) is 5.60. The number of aromatic nitrogens is 1. The van der Waals surface area contributed by atoms with E-state index in [1.807, 2.05) is 35.2 Å². The number of hydrogen-bond donors (Lipinski definition) is 1. The molecule has 0 radical (unpaired) electrons. The number of aromatic amines is 1. The number of fused-ring (bicyclic) bond motifs is 1. The number of rotatable bonds is 5. The smallest absolute Gasteiger partial charge is 0.274 e. The Bertz CT molecular complexity index is 984. The zero-order chi connectivity index (χ0) is 19.1. The van der Waals surface area contributed by atoms with Crippen LogP contribution in [0.3, 0.4) is 0 Å². The molecule has 3 aromatic rings. The van der Waals surface area contributed by atoms with E-state index in [9.17, 15) is 4.79 Å². The second-order valence-corrected chi connectivity index (χ2v) is 7.68. The van der Waals surface area contributed by atoms with Crippen molar-refractivity contribution in [2.24, 2.45) is 5.92 Å². The van der Waals surface area contributed by atoms with Crippen LogP contribution in [0.2, 0.25) is 0 Å². The first-order chi connectivity index (χ1) is 13.0. The first kappa shape index (κ1) is 17.7. The molecule has 1 unspecified atom stereocenters. The lowest BCUT2D eigenvalue weighted by molar-refractivity contribution is 0.0971. The van der Waals surface area contributed by atoms with Crippen molar-refractivity contribution in [3.05, 3.63) is 59.3 Å². The highest BCUT2D eigenvalue weighted by molar-refractivity contribution is 6.08. The number of H-pyrrole nitrogens is 1. The zero-order valence-electron chi connectivity index (χ0n) is 16.4. The highest BCUT2D eigenvalue weighted by Crippen LogP contribution is 2.38. The standard InChI is InChI=1S/C23H26N2O2/c1-14-11-15(2)20-13-22(24-21(20)12-14)23(26)25(16(3)17-5-6-17)18-7-9-19(27-4)10-8-18/h7-13,16-17,24H,5-6H2,1-4H3. The fraction of sp³-hybridized carbons (Fsp3) is 0.348. The lowest BCUT2D eigenvalue weighted by atomic mass is 10.1. The molecule has 0 bridgehead atoms. The van der Waals surface area contributed by atoms with Crippen molar-refractivity contribution in [3.8, 4) is 5.75 Å². The Balaban J connectivity index is 1.74. The summed E-state index contributed by atoms with van der Waals surface area (Å²) >= 11 is 0. The van der Waals surface area contributed by atoms with Crippen LogP contribution in [0, 0.1) is 19.8 Å². The summed E-state index contributed by atoms with van der Waals surface area (Å²) in [4.78, 5) is 18.8. The molecule has 140 valence electrons. The molecule has 27 heavy (non-hydrogen) atoms.